The lowest BCUT2D eigenvalue weighted by atomic mass is 10.2. The van der Waals surface area contributed by atoms with E-state index in [9.17, 15) is 4.79 Å². The van der Waals surface area contributed by atoms with E-state index in [1.54, 1.807) is 13.0 Å². The maximum atomic E-state index is 11.3. The summed E-state index contributed by atoms with van der Waals surface area (Å²) in [5, 5.41) is 3.66. The number of benzene rings is 1. The molecule has 0 aliphatic carbocycles. The van der Waals surface area contributed by atoms with Gasteiger partial charge in [0.25, 0.3) is 0 Å². The SMILES string of the molecule is CC.CC.CCOC(=O)c1cc(-c2ccccc2)on1. The van der Waals surface area contributed by atoms with Crippen molar-refractivity contribution in [2.24, 2.45) is 0 Å². The lowest BCUT2D eigenvalue weighted by Crippen LogP contribution is -2.04. The van der Waals surface area contributed by atoms with E-state index in [1.807, 2.05) is 58.0 Å². The van der Waals surface area contributed by atoms with Crippen LogP contribution >= 0.6 is 0 Å². The van der Waals surface area contributed by atoms with Crippen LogP contribution in [-0.2, 0) is 4.74 Å². The van der Waals surface area contributed by atoms with Gasteiger partial charge < -0.3 is 9.26 Å². The minimum Gasteiger partial charge on any atom is -0.461 e. The molecule has 0 aliphatic heterocycles. The van der Waals surface area contributed by atoms with Crippen LogP contribution in [0, 0.1) is 0 Å². The monoisotopic (exact) mass is 277 g/mol. The van der Waals surface area contributed by atoms with Gasteiger partial charge in [-0.25, -0.2) is 4.79 Å². The Balaban J connectivity index is 0.000000829. The molecular formula is C16H23NO3. The second kappa shape index (κ2) is 10.8. The summed E-state index contributed by atoms with van der Waals surface area (Å²) in [5.41, 5.74) is 1.08. The second-order valence-electron chi connectivity index (χ2n) is 3.16. The smallest absolute Gasteiger partial charge is 0.360 e. The lowest BCUT2D eigenvalue weighted by Gasteiger charge is -1.94. The van der Waals surface area contributed by atoms with Crippen LogP contribution in [0.2, 0.25) is 0 Å². The Hall–Kier alpha value is -2.10. The van der Waals surface area contributed by atoms with Crippen molar-refractivity contribution in [3.8, 4) is 11.3 Å². The van der Waals surface area contributed by atoms with E-state index in [4.69, 9.17) is 9.26 Å². The molecule has 110 valence electrons. The largest absolute Gasteiger partial charge is 0.461 e. The second-order valence-corrected chi connectivity index (χ2v) is 3.16. The first-order chi connectivity index (χ1) is 9.81. The third kappa shape index (κ3) is 5.26. The molecule has 0 saturated carbocycles. The summed E-state index contributed by atoms with van der Waals surface area (Å²) in [7, 11) is 0. The summed E-state index contributed by atoms with van der Waals surface area (Å²) in [4.78, 5) is 11.3. The van der Waals surface area contributed by atoms with Crippen molar-refractivity contribution in [2.75, 3.05) is 6.61 Å². The molecule has 2 aromatic rings. The summed E-state index contributed by atoms with van der Waals surface area (Å²) >= 11 is 0. The molecular weight excluding hydrogens is 254 g/mol. The summed E-state index contributed by atoms with van der Waals surface area (Å²) in [6.07, 6.45) is 0. The van der Waals surface area contributed by atoms with Crippen LogP contribution in [0.4, 0.5) is 0 Å². The van der Waals surface area contributed by atoms with E-state index in [0.717, 1.165) is 5.56 Å². The lowest BCUT2D eigenvalue weighted by molar-refractivity contribution is 0.0514. The molecule has 1 aromatic heterocycles. The Bertz CT molecular complexity index is 477. The van der Waals surface area contributed by atoms with Crippen LogP contribution in [-0.4, -0.2) is 17.7 Å². The Labute approximate surface area is 120 Å². The highest BCUT2D eigenvalue weighted by atomic mass is 16.5. The normalized spacial score (nSPS) is 8.65. The van der Waals surface area contributed by atoms with E-state index in [-0.39, 0.29) is 5.69 Å². The van der Waals surface area contributed by atoms with Crippen LogP contribution < -0.4 is 0 Å². The molecule has 0 N–H and O–H groups in total. The first-order valence-corrected chi connectivity index (χ1v) is 7.00. The van der Waals surface area contributed by atoms with Crippen molar-refractivity contribution >= 4 is 5.97 Å². The third-order valence-electron chi connectivity index (χ3n) is 2.05. The molecule has 0 aliphatic rings. The average molecular weight is 277 g/mol. The van der Waals surface area contributed by atoms with Gasteiger partial charge >= 0.3 is 5.97 Å². The maximum Gasteiger partial charge on any atom is 0.360 e. The number of nitrogens with zero attached hydrogens (tertiary/aromatic N) is 1. The number of aromatic nitrogens is 1. The molecule has 4 heteroatoms. The highest BCUT2D eigenvalue weighted by Gasteiger charge is 2.13. The average Bonchev–Trinajstić information content (AvgIpc) is 3.02. The quantitative estimate of drug-likeness (QED) is 0.771. The van der Waals surface area contributed by atoms with Gasteiger partial charge in [0.1, 0.15) is 0 Å². The van der Waals surface area contributed by atoms with E-state index >= 15 is 0 Å². The fraction of sp³-hybridized carbons (Fsp3) is 0.375. The molecule has 0 spiro atoms. The summed E-state index contributed by atoms with van der Waals surface area (Å²) in [5.74, 6) is 0.0945. The fourth-order valence-corrected chi connectivity index (χ4v) is 1.31. The van der Waals surface area contributed by atoms with Gasteiger partial charge in [-0.05, 0) is 6.92 Å². The van der Waals surface area contributed by atoms with Crippen molar-refractivity contribution in [1.82, 2.24) is 5.16 Å². The van der Waals surface area contributed by atoms with E-state index in [2.05, 4.69) is 5.16 Å². The van der Waals surface area contributed by atoms with Gasteiger partial charge in [0.05, 0.1) is 6.61 Å². The highest BCUT2D eigenvalue weighted by molar-refractivity contribution is 5.88. The Morgan fingerprint density at radius 3 is 2.30 bits per heavy atom. The van der Waals surface area contributed by atoms with Gasteiger partial charge in [-0.2, -0.15) is 0 Å². The molecule has 0 fully saturated rings. The van der Waals surface area contributed by atoms with Gasteiger partial charge in [-0.1, -0.05) is 63.2 Å². The highest BCUT2D eigenvalue weighted by Crippen LogP contribution is 2.19. The van der Waals surface area contributed by atoms with Crippen molar-refractivity contribution in [2.45, 2.75) is 34.6 Å². The molecule has 4 nitrogen and oxygen atoms in total. The van der Waals surface area contributed by atoms with Crippen molar-refractivity contribution in [3.05, 3.63) is 42.1 Å². The fourth-order valence-electron chi connectivity index (χ4n) is 1.31. The zero-order valence-electron chi connectivity index (χ0n) is 12.8. The van der Waals surface area contributed by atoms with Gasteiger partial charge in [-0.15, -0.1) is 0 Å². The predicted molar refractivity (Wildman–Crippen MR) is 80.6 cm³/mol. The standard InChI is InChI=1S/C12H11NO3.2C2H6/c1-2-15-12(14)10-8-11(16-13-10)9-6-4-3-5-7-9;2*1-2/h3-8H,2H2,1H3;2*1-2H3. The van der Waals surface area contributed by atoms with Gasteiger partial charge in [0.15, 0.2) is 11.5 Å². The number of hydrogen-bond donors (Lipinski definition) is 0. The number of esters is 1. The minimum absolute atomic E-state index is 0.195. The van der Waals surface area contributed by atoms with E-state index < -0.39 is 5.97 Å². The van der Waals surface area contributed by atoms with Crippen molar-refractivity contribution < 1.29 is 14.1 Å². The molecule has 0 bridgehead atoms. The zero-order chi connectivity index (χ0) is 15.4. The molecule has 2 rings (SSSR count). The van der Waals surface area contributed by atoms with Crippen molar-refractivity contribution in [1.29, 1.82) is 0 Å². The number of hydrogen-bond acceptors (Lipinski definition) is 4. The molecule has 0 radical (unpaired) electrons. The van der Waals surface area contributed by atoms with E-state index in [0.29, 0.717) is 12.4 Å². The first kappa shape index (κ1) is 17.9. The zero-order valence-corrected chi connectivity index (χ0v) is 12.8. The summed E-state index contributed by atoms with van der Waals surface area (Å²) in [6, 6.07) is 11.0. The Morgan fingerprint density at radius 2 is 1.75 bits per heavy atom. The van der Waals surface area contributed by atoms with Gasteiger partial charge in [0.2, 0.25) is 0 Å². The van der Waals surface area contributed by atoms with Crippen LogP contribution in [0.3, 0.4) is 0 Å². The minimum atomic E-state index is -0.464. The molecule has 0 unspecified atom stereocenters. The molecule has 1 heterocycles. The van der Waals surface area contributed by atoms with Crippen LogP contribution in [0.25, 0.3) is 11.3 Å². The first-order valence-electron chi connectivity index (χ1n) is 7.00. The van der Waals surface area contributed by atoms with Crippen LogP contribution in [0.15, 0.2) is 40.9 Å². The topological polar surface area (TPSA) is 52.3 Å². The van der Waals surface area contributed by atoms with Crippen LogP contribution in [0.1, 0.15) is 45.1 Å². The number of carbonyl (C=O) groups is 1. The number of ether oxygens (including phenoxy) is 1. The molecule has 20 heavy (non-hydrogen) atoms. The molecule has 0 atom stereocenters. The molecule has 1 aromatic carbocycles. The molecule has 0 saturated heterocycles. The summed E-state index contributed by atoms with van der Waals surface area (Å²) < 4.78 is 9.88. The number of rotatable bonds is 3. The van der Waals surface area contributed by atoms with Crippen LogP contribution in [0.5, 0.6) is 0 Å². The third-order valence-corrected chi connectivity index (χ3v) is 2.05. The number of carbonyl (C=O) groups excluding carboxylic acids is 1. The Kier molecular flexibility index (Phi) is 9.66. The van der Waals surface area contributed by atoms with Gasteiger partial charge in [-0.3, -0.25) is 0 Å². The predicted octanol–water partition coefficient (Wildman–Crippen LogP) is 4.57. The van der Waals surface area contributed by atoms with Crippen molar-refractivity contribution in [3.63, 3.8) is 0 Å². The van der Waals surface area contributed by atoms with E-state index in [1.165, 1.54) is 0 Å². The Morgan fingerprint density at radius 1 is 1.15 bits per heavy atom. The molecule has 0 amide bonds. The summed E-state index contributed by atoms with van der Waals surface area (Å²) in [6.45, 7) is 10.1. The maximum absolute atomic E-state index is 11.3. The van der Waals surface area contributed by atoms with Gasteiger partial charge in [0, 0.05) is 11.6 Å².